The number of alkyl carbamates (subject to hydrolysis) is 1. The Kier molecular flexibility index (Phi) is 11.2. The van der Waals surface area contributed by atoms with Gasteiger partial charge in [0, 0.05) is 19.5 Å². The first-order valence-electron chi connectivity index (χ1n) is 14.1. The number of ether oxygens (including phenoxy) is 2. The lowest BCUT2D eigenvalue weighted by molar-refractivity contribution is 0.0388. The van der Waals surface area contributed by atoms with Gasteiger partial charge < -0.3 is 19.9 Å². The third-order valence-corrected chi connectivity index (χ3v) is 9.32. The molecular formula is C31H43N3O6S. The van der Waals surface area contributed by atoms with Gasteiger partial charge in [0.2, 0.25) is 10.0 Å². The van der Waals surface area contributed by atoms with Gasteiger partial charge in [-0.15, -0.1) is 0 Å². The molecule has 224 valence electrons. The standard InChI is InChI=1S/C31H43N3O6S/c1-30(2,3)40-29(36)33-27(21-24-11-6-5-7-12-24)28(35)22-34(23-31(19-10-20-32)17-8-9-18-31)41(37,38)26-15-13-25(39-4)14-16-26/h5-7,11-16,27-28,35H,8-10,17-19,21-23H2,1-4H3,(H,33,36). The molecule has 0 aromatic heterocycles. The van der Waals surface area contributed by atoms with Crippen molar-refractivity contribution in [3.8, 4) is 11.8 Å². The summed E-state index contributed by atoms with van der Waals surface area (Å²) >= 11 is 0. The Balaban J connectivity index is 1.95. The van der Waals surface area contributed by atoms with Crippen LogP contribution < -0.4 is 10.1 Å². The number of nitrogens with one attached hydrogen (secondary N) is 1. The van der Waals surface area contributed by atoms with Gasteiger partial charge in [0.15, 0.2) is 0 Å². The van der Waals surface area contributed by atoms with Crippen LogP contribution in [0.1, 0.15) is 64.9 Å². The molecule has 2 aromatic rings. The molecule has 1 aliphatic carbocycles. The lowest BCUT2D eigenvalue weighted by atomic mass is 9.81. The van der Waals surface area contributed by atoms with Crippen LogP contribution in [0.3, 0.4) is 0 Å². The summed E-state index contributed by atoms with van der Waals surface area (Å²) in [5, 5.41) is 23.6. The molecule has 41 heavy (non-hydrogen) atoms. The molecule has 1 fully saturated rings. The van der Waals surface area contributed by atoms with E-state index in [1.54, 1.807) is 32.9 Å². The zero-order chi connectivity index (χ0) is 30.1. The highest BCUT2D eigenvalue weighted by molar-refractivity contribution is 7.89. The van der Waals surface area contributed by atoms with Crippen LogP contribution in [0.2, 0.25) is 0 Å². The van der Waals surface area contributed by atoms with Gasteiger partial charge in [-0.05, 0) is 81.7 Å². The summed E-state index contributed by atoms with van der Waals surface area (Å²) in [5.41, 5.74) is -0.229. The van der Waals surface area contributed by atoms with Gasteiger partial charge in [-0.25, -0.2) is 13.2 Å². The van der Waals surface area contributed by atoms with Crippen LogP contribution in [0.15, 0.2) is 59.5 Å². The second-order valence-electron chi connectivity index (χ2n) is 11.8. The van der Waals surface area contributed by atoms with Gasteiger partial charge in [0.25, 0.3) is 0 Å². The van der Waals surface area contributed by atoms with E-state index in [1.807, 2.05) is 30.3 Å². The van der Waals surface area contributed by atoms with Crippen molar-refractivity contribution >= 4 is 16.1 Å². The minimum Gasteiger partial charge on any atom is -0.497 e. The summed E-state index contributed by atoms with van der Waals surface area (Å²) in [7, 11) is -2.53. The topological polar surface area (TPSA) is 129 Å². The third kappa shape index (κ3) is 9.45. The van der Waals surface area contributed by atoms with Crippen molar-refractivity contribution in [3.63, 3.8) is 0 Å². The van der Waals surface area contributed by atoms with Gasteiger partial charge in [-0.3, -0.25) is 0 Å². The van der Waals surface area contributed by atoms with E-state index in [-0.39, 0.29) is 29.8 Å². The van der Waals surface area contributed by atoms with Crippen LogP contribution in [-0.2, 0) is 21.2 Å². The van der Waals surface area contributed by atoms with E-state index in [9.17, 15) is 23.6 Å². The molecule has 0 spiro atoms. The van der Waals surface area contributed by atoms with E-state index in [0.717, 1.165) is 31.2 Å². The lowest BCUT2D eigenvalue weighted by Gasteiger charge is -2.37. The Morgan fingerprint density at radius 2 is 1.76 bits per heavy atom. The van der Waals surface area contributed by atoms with E-state index in [4.69, 9.17) is 9.47 Å². The molecule has 0 aliphatic heterocycles. The Bertz CT molecular complexity index is 1260. The third-order valence-electron chi connectivity index (χ3n) is 7.50. The average molecular weight is 586 g/mol. The number of sulfonamides is 1. The molecule has 0 heterocycles. The van der Waals surface area contributed by atoms with Crippen LogP contribution in [0.4, 0.5) is 4.79 Å². The SMILES string of the molecule is COc1ccc(S(=O)(=O)N(CC(O)C(Cc2ccccc2)NC(=O)OC(C)(C)C)CC2(CCC#N)CCCC2)cc1. The fourth-order valence-electron chi connectivity index (χ4n) is 5.40. The molecule has 0 saturated heterocycles. The molecule has 3 rings (SSSR count). The molecule has 10 heteroatoms. The Hall–Kier alpha value is -3.13. The van der Waals surface area contributed by atoms with Crippen molar-refractivity contribution in [2.24, 2.45) is 5.41 Å². The number of hydrogen-bond donors (Lipinski definition) is 2. The van der Waals surface area contributed by atoms with E-state index in [1.165, 1.54) is 23.5 Å². The molecule has 2 atom stereocenters. The molecule has 2 aromatic carbocycles. The summed E-state index contributed by atoms with van der Waals surface area (Å²) in [6.07, 6.45) is 2.79. The quantitative estimate of drug-likeness (QED) is 0.337. The normalized spacial score (nSPS) is 16.5. The van der Waals surface area contributed by atoms with Gasteiger partial charge in [0.05, 0.1) is 30.2 Å². The number of nitrogens with zero attached hydrogens (tertiary/aromatic N) is 2. The van der Waals surface area contributed by atoms with E-state index >= 15 is 0 Å². The smallest absolute Gasteiger partial charge is 0.407 e. The molecule has 0 radical (unpaired) electrons. The van der Waals surface area contributed by atoms with Crippen LogP contribution in [0, 0.1) is 16.7 Å². The summed E-state index contributed by atoms with van der Waals surface area (Å²) in [6.45, 7) is 5.18. The monoisotopic (exact) mass is 585 g/mol. The first-order valence-corrected chi connectivity index (χ1v) is 15.5. The van der Waals surface area contributed by atoms with Gasteiger partial charge in [-0.2, -0.15) is 9.57 Å². The van der Waals surface area contributed by atoms with E-state index in [2.05, 4.69) is 11.4 Å². The summed E-state index contributed by atoms with van der Waals surface area (Å²) < 4.78 is 40.1. The number of carbonyl (C=O) groups is 1. The maximum atomic E-state index is 14.1. The molecule has 1 amide bonds. The maximum Gasteiger partial charge on any atom is 0.407 e. The largest absolute Gasteiger partial charge is 0.497 e. The molecule has 0 bridgehead atoms. The fourth-order valence-corrected chi connectivity index (χ4v) is 6.97. The minimum absolute atomic E-state index is 0.0821. The number of aliphatic hydroxyl groups is 1. The van der Waals surface area contributed by atoms with Crippen molar-refractivity contribution in [2.75, 3.05) is 20.2 Å². The molecule has 1 aliphatic rings. The zero-order valence-electron chi connectivity index (χ0n) is 24.5. The first kappa shape index (κ1) is 32.4. The lowest BCUT2D eigenvalue weighted by Crippen LogP contribution is -2.52. The minimum atomic E-state index is -4.04. The molecule has 1 saturated carbocycles. The van der Waals surface area contributed by atoms with Crippen molar-refractivity contribution in [3.05, 3.63) is 60.2 Å². The zero-order valence-corrected chi connectivity index (χ0v) is 25.3. The number of hydrogen-bond acceptors (Lipinski definition) is 7. The summed E-state index contributed by atoms with van der Waals surface area (Å²) in [6, 6.07) is 16.9. The van der Waals surface area contributed by atoms with Gasteiger partial charge in [-0.1, -0.05) is 43.2 Å². The molecular weight excluding hydrogens is 542 g/mol. The van der Waals surface area contributed by atoms with Crippen LogP contribution in [0.25, 0.3) is 0 Å². The fraction of sp³-hybridized carbons (Fsp3) is 0.548. The van der Waals surface area contributed by atoms with Crippen LogP contribution in [-0.4, -0.2) is 61.9 Å². The van der Waals surface area contributed by atoms with Crippen molar-refractivity contribution in [1.29, 1.82) is 5.26 Å². The average Bonchev–Trinajstić information content (AvgIpc) is 3.39. The molecule has 9 nitrogen and oxygen atoms in total. The van der Waals surface area contributed by atoms with Gasteiger partial charge in [0.1, 0.15) is 11.4 Å². The Morgan fingerprint density at radius 1 is 1.12 bits per heavy atom. The first-order chi connectivity index (χ1) is 19.4. The Morgan fingerprint density at radius 3 is 2.32 bits per heavy atom. The molecule has 2 N–H and O–H groups in total. The second kappa shape index (κ2) is 14.2. The highest BCUT2D eigenvalue weighted by atomic mass is 32.2. The summed E-state index contributed by atoms with van der Waals surface area (Å²) in [5.74, 6) is 0.529. The second-order valence-corrected chi connectivity index (χ2v) is 13.8. The number of rotatable bonds is 13. The highest BCUT2D eigenvalue weighted by Gasteiger charge is 2.40. The molecule has 2 unspecified atom stereocenters. The predicted molar refractivity (Wildman–Crippen MR) is 157 cm³/mol. The number of nitriles is 1. The van der Waals surface area contributed by atoms with Crippen molar-refractivity contribution < 1.29 is 27.8 Å². The van der Waals surface area contributed by atoms with Crippen molar-refractivity contribution in [1.82, 2.24) is 9.62 Å². The number of methoxy groups -OCH3 is 1. The predicted octanol–water partition coefficient (Wildman–Crippen LogP) is 5.05. The van der Waals surface area contributed by atoms with Crippen molar-refractivity contribution in [2.45, 2.75) is 88.4 Å². The summed E-state index contributed by atoms with van der Waals surface area (Å²) in [4.78, 5) is 12.8. The number of benzene rings is 2. The van der Waals surface area contributed by atoms with E-state index in [0.29, 0.717) is 18.6 Å². The Labute approximate surface area is 244 Å². The highest BCUT2D eigenvalue weighted by Crippen LogP contribution is 2.43. The van der Waals surface area contributed by atoms with Crippen LogP contribution >= 0.6 is 0 Å². The number of aliphatic hydroxyl groups excluding tert-OH is 1. The van der Waals surface area contributed by atoms with E-state index < -0.39 is 33.9 Å². The van der Waals surface area contributed by atoms with Gasteiger partial charge >= 0.3 is 6.09 Å². The maximum absolute atomic E-state index is 14.1. The number of amides is 1. The van der Waals surface area contributed by atoms with Crippen LogP contribution in [0.5, 0.6) is 5.75 Å². The number of carbonyl (C=O) groups excluding carboxylic acids is 1.